The molecule has 0 saturated carbocycles. The van der Waals surface area contributed by atoms with Crippen molar-refractivity contribution in [2.24, 2.45) is 0 Å². The van der Waals surface area contributed by atoms with Crippen LogP contribution in [0.2, 0.25) is 0 Å². The van der Waals surface area contributed by atoms with Crippen LogP contribution in [0.25, 0.3) is 0 Å². The van der Waals surface area contributed by atoms with Gasteiger partial charge in [0, 0.05) is 7.05 Å². The molecule has 0 aliphatic rings. The molecule has 3 heteroatoms. The lowest BCUT2D eigenvalue weighted by Crippen LogP contribution is -2.16. The summed E-state index contributed by atoms with van der Waals surface area (Å²) in [5.74, 6) is -0.0729. The predicted octanol–water partition coefficient (Wildman–Crippen LogP) is 0.908. The minimum absolute atomic E-state index is 0.0729. The zero-order chi connectivity index (χ0) is 6.69. The first-order valence-electron chi connectivity index (χ1n) is 2.52. The van der Waals surface area contributed by atoms with Crippen molar-refractivity contribution in [2.75, 3.05) is 7.05 Å². The number of amides is 1. The molecule has 1 amide bonds. The average Bonchev–Trinajstić information content (AvgIpc) is 2.37. The van der Waals surface area contributed by atoms with Crippen LogP contribution >= 0.6 is 11.3 Å². The summed E-state index contributed by atoms with van der Waals surface area (Å²) in [6.45, 7) is 0. The molecule has 0 unspecified atom stereocenters. The van der Waals surface area contributed by atoms with Gasteiger partial charge in [0.2, 0.25) is 0 Å². The van der Waals surface area contributed by atoms with Gasteiger partial charge in [0.25, 0.3) is 5.91 Å². The Morgan fingerprint density at radius 1 is 1.89 bits per heavy atom. The molecule has 0 atom stereocenters. The average molecular weight is 140 g/mol. The van der Waals surface area contributed by atoms with Gasteiger partial charge in [-0.05, 0) is 11.4 Å². The molecule has 1 aromatic rings. The van der Waals surface area contributed by atoms with Gasteiger partial charge in [0.1, 0.15) is 0 Å². The molecule has 9 heavy (non-hydrogen) atoms. The summed E-state index contributed by atoms with van der Waals surface area (Å²) in [5, 5.41) is 7.15. The maximum atomic E-state index is 10.7. The Kier molecular flexibility index (Phi) is 1.85. The van der Waals surface area contributed by atoms with Crippen LogP contribution in [0.15, 0.2) is 11.4 Å². The number of carbonyl (C=O) groups is 1. The van der Waals surface area contributed by atoms with Crippen LogP contribution in [-0.2, 0) is 0 Å². The molecule has 1 aromatic heterocycles. The van der Waals surface area contributed by atoms with Gasteiger partial charge in [0.05, 0.1) is 10.9 Å². The molecule has 0 bridgehead atoms. The Hall–Kier alpha value is -0.830. The Morgan fingerprint density at radius 3 is 3.11 bits per heavy atom. The van der Waals surface area contributed by atoms with E-state index < -0.39 is 0 Å². The van der Waals surface area contributed by atoms with Crippen molar-refractivity contribution in [3.05, 3.63) is 22.4 Å². The van der Waals surface area contributed by atoms with Crippen LogP contribution in [-0.4, -0.2) is 13.0 Å². The lowest BCUT2D eigenvalue weighted by molar-refractivity contribution is 0.0963. The second-order valence-corrected chi connectivity index (χ2v) is 2.23. The van der Waals surface area contributed by atoms with Crippen molar-refractivity contribution in [1.82, 2.24) is 5.32 Å². The highest BCUT2D eigenvalue weighted by molar-refractivity contribution is 7.07. The van der Waals surface area contributed by atoms with Crippen molar-refractivity contribution in [3.63, 3.8) is 0 Å². The SMILES string of the molecule is CNC(=O)c1[c]scc1. The molecule has 47 valence electrons. The van der Waals surface area contributed by atoms with E-state index in [1.165, 1.54) is 11.3 Å². The third-order valence-corrected chi connectivity index (χ3v) is 1.55. The number of hydrogen-bond acceptors (Lipinski definition) is 2. The molecule has 0 aliphatic carbocycles. The van der Waals surface area contributed by atoms with Gasteiger partial charge in [-0.25, -0.2) is 0 Å². The van der Waals surface area contributed by atoms with Gasteiger partial charge >= 0.3 is 0 Å². The van der Waals surface area contributed by atoms with Crippen molar-refractivity contribution < 1.29 is 4.79 Å². The summed E-state index contributed by atoms with van der Waals surface area (Å²) in [5.41, 5.74) is 0.613. The van der Waals surface area contributed by atoms with E-state index >= 15 is 0 Å². The highest BCUT2D eigenvalue weighted by Gasteiger charge is 2.00. The summed E-state index contributed by atoms with van der Waals surface area (Å²) < 4.78 is 0. The standard InChI is InChI=1S/C6H6NOS/c1-7-6(8)5-2-3-9-4-5/h2-3H,1H3,(H,7,8). The highest BCUT2D eigenvalue weighted by Crippen LogP contribution is 2.03. The van der Waals surface area contributed by atoms with Crippen molar-refractivity contribution in [1.29, 1.82) is 0 Å². The zero-order valence-corrected chi connectivity index (χ0v) is 5.79. The van der Waals surface area contributed by atoms with E-state index in [2.05, 4.69) is 10.7 Å². The number of carbonyl (C=O) groups excluding carboxylic acids is 1. The lowest BCUT2D eigenvalue weighted by Gasteiger charge is -1.90. The van der Waals surface area contributed by atoms with Gasteiger partial charge in [-0.1, -0.05) is 0 Å². The minimum Gasteiger partial charge on any atom is -0.355 e. The summed E-state index contributed by atoms with van der Waals surface area (Å²) in [6, 6.07) is 1.74. The van der Waals surface area contributed by atoms with Crippen molar-refractivity contribution in [2.45, 2.75) is 0 Å². The van der Waals surface area contributed by atoms with Gasteiger partial charge in [-0.3, -0.25) is 4.79 Å². The fourth-order valence-corrected chi connectivity index (χ4v) is 1.05. The largest absolute Gasteiger partial charge is 0.355 e. The fourth-order valence-electron chi connectivity index (χ4n) is 0.490. The second-order valence-electron chi connectivity index (χ2n) is 1.52. The number of rotatable bonds is 1. The maximum Gasteiger partial charge on any atom is 0.252 e. The van der Waals surface area contributed by atoms with Gasteiger partial charge in [-0.2, -0.15) is 0 Å². The Labute approximate surface area is 57.5 Å². The number of hydrogen-bond donors (Lipinski definition) is 1. The first-order chi connectivity index (χ1) is 4.34. The molecule has 2 nitrogen and oxygen atoms in total. The van der Waals surface area contributed by atoms with Crippen LogP contribution in [0.5, 0.6) is 0 Å². The minimum atomic E-state index is -0.0729. The van der Waals surface area contributed by atoms with Crippen molar-refractivity contribution >= 4 is 17.2 Å². The van der Waals surface area contributed by atoms with Gasteiger partial charge < -0.3 is 5.32 Å². The quantitative estimate of drug-likeness (QED) is 0.617. The zero-order valence-electron chi connectivity index (χ0n) is 4.97. The molecule has 0 fully saturated rings. The third kappa shape index (κ3) is 1.29. The lowest BCUT2D eigenvalue weighted by atomic mass is 10.3. The third-order valence-electron chi connectivity index (χ3n) is 0.943. The molecule has 0 aliphatic heterocycles. The molecule has 0 aromatic carbocycles. The van der Waals surface area contributed by atoms with E-state index in [1.54, 1.807) is 13.1 Å². The van der Waals surface area contributed by atoms with E-state index in [-0.39, 0.29) is 5.91 Å². The summed E-state index contributed by atoms with van der Waals surface area (Å²) >= 11 is 1.40. The van der Waals surface area contributed by atoms with Crippen LogP contribution in [0, 0.1) is 5.38 Å². The van der Waals surface area contributed by atoms with Crippen LogP contribution < -0.4 is 5.32 Å². The van der Waals surface area contributed by atoms with Crippen LogP contribution in [0.1, 0.15) is 10.4 Å². The second kappa shape index (κ2) is 2.64. The van der Waals surface area contributed by atoms with E-state index in [4.69, 9.17) is 0 Å². The molecule has 1 heterocycles. The summed E-state index contributed by atoms with van der Waals surface area (Å²) in [7, 11) is 1.60. The monoisotopic (exact) mass is 140 g/mol. The first kappa shape index (κ1) is 6.29. The topological polar surface area (TPSA) is 29.1 Å². The highest BCUT2D eigenvalue weighted by atomic mass is 32.1. The van der Waals surface area contributed by atoms with Crippen molar-refractivity contribution in [3.8, 4) is 0 Å². The van der Waals surface area contributed by atoms with Crippen LogP contribution in [0.4, 0.5) is 0 Å². The predicted molar refractivity (Wildman–Crippen MR) is 36.5 cm³/mol. The molecule has 1 radical (unpaired) electrons. The Bertz CT molecular complexity index is 193. The summed E-state index contributed by atoms with van der Waals surface area (Å²) in [6.07, 6.45) is 0. The van der Waals surface area contributed by atoms with E-state index in [0.717, 1.165) is 0 Å². The molecule has 0 saturated heterocycles. The van der Waals surface area contributed by atoms with Gasteiger partial charge in [-0.15, -0.1) is 11.3 Å². The summed E-state index contributed by atoms with van der Waals surface area (Å²) in [4.78, 5) is 10.7. The number of thiophene rings is 1. The first-order valence-corrected chi connectivity index (χ1v) is 3.40. The van der Waals surface area contributed by atoms with Crippen LogP contribution in [0.3, 0.4) is 0 Å². The molecule has 0 spiro atoms. The van der Waals surface area contributed by atoms with E-state index in [0.29, 0.717) is 5.56 Å². The van der Waals surface area contributed by atoms with E-state index in [1.807, 2.05) is 5.38 Å². The molecule has 1 N–H and O–H groups in total. The van der Waals surface area contributed by atoms with Gasteiger partial charge in [0.15, 0.2) is 0 Å². The normalized spacial score (nSPS) is 9.00. The molecular weight excluding hydrogens is 134 g/mol. The Balaban J connectivity index is 2.77. The molecule has 1 rings (SSSR count). The fraction of sp³-hybridized carbons (Fsp3) is 0.167. The van der Waals surface area contributed by atoms with E-state index in [9.17, 15) is 4.79 Å². The number of nitrogens with one attached hydrogen (secondary N) is 1. The Morgan fingerprint density at radius 2 is 2.67 bits per heavy atom. The molecular formula is C6H6NOS. The maximum absolute atomic E-state index is 10.7. The smallest absolute Gasteiger partial charge is 0.252 e.